The molecule has 1 amide bonds. The first-order chi connectivity index (χ1) is 10.4. The lowest BCUT2D eigenvalue weighted by molar-refractivity contribution is -0.114. The van der Waals surface area contributed by atoms with Gasteiger partial charge in [-0.1, -0.05) is 13.3 Å². The van der Waals surface area contributed by atoms with Crippen molar-refractivity contribution in [3.8, 4) is 0 Å². The van der Waals surface area contributed by atoms with Crippen molar-refractivity contribution in [3.63, 3.8) is 0 Å². The summed E-state index contributed by atoms with van der Waals surface area (Å²) in [5.74, 6) is -0.632. The van der Waals surface area contributed by atoms with E-state index in [2.05, 4.69) is 57.4 Å². The summed E-state index contributed by atoms with van der Waals surface area (Å²) < 4.78 is 12.7. The molecule has 1 aromatic rings. The molecule has 0 bridgehead atoms. The zero-order chi connectivity index (χ0) is 16.7. The molecule has 5 nitrogen and oxygen atoms in total. The Hall–Kier alpha value is 0.310. The van der Waals surface area contributed by atoms with Crippen LogP contribution in [0, 0.1) is 10.7 Å². The summed E-state index contributed by atoms with van der Waals surface area (Å²) in [6, 6.07) is 1.84. The normalized spacial score (nSPS) is 10.4. The molecule has 0 aromatic heterocycles. The number of halogens is 3. The van der Waals surface area contributed by atoms with Crippen LogP contribution < -0.4 is 5.32 Å². The van der Waals surface area contributed by atoms with Crippen molar-refractivity contribution >= 4 is 85.3 Å². The highest BCUT2D eigenvalue weighted by Crippen LogP contribution is 2.32. The van der Waals surface area contributed by atoms with Gasteiger partial charge in [0.2, 0.25) is 5.91 Å². The summed E-state index contributed by atoms with van der Waals surface area (Å²) in [6.45, 7) is 4.01. The van der Waals surface area contributed by atoms with Gasteiger partial charge in [-0.05, 0) is 80.3 Å². The Balaban J connectivity index is 2.89. The maximum atomic E-state index is 12.2. The Kier molecular flexibility index (Phi) is 9.47. The molecular weight excluding hydrogens is 627 g/mol. The predicted molar refractivity (Wildman–Crippen MR) is 110 cm³/mol. The lowest BCUT2D eigenvalue weighted by Gasteiger charge is -2.14. The second-order valence-corrected chi connectivity index (χ2v) is 7.80. The molecule has 1 N–H and O–H groups in total. The molecule has 0 saturated heterocycles. The van der Waals surface area contributed by atoms with Crippen molar-refractivity contribution in [1.29, 1.82) is 0 Å². The number of unbranched alkanes of at least 4 members (excludes halogenated alkanes) is 1. The number of anilines is 1. The average Bonchev–Trinajstić information content (AvgIpc) is 2.42. The topological polar surface area (TPSA) is 64.6 Å². The van der Waals surface area contributed by atoms with Gasteiger partial charge < -0.3 is 14.8 Å². The number of ether oxygens (including phenoxy) is 2. The maximum Gasteiger partial charge on any atom is 0.342 e. The van der Waals surface area contributed by atoms with Crippen molar-refractivity contribution in [2.45, 2.75) is 26.7 Å². The highest BCUT2D eigenvalue weighted by molar-refractivity contribution is 14.1. The zero-order valence-corrected chi connectivity index (χ0v) is 18.6. The summed E-state index contributed by atoms with van der Waals surface area (Å²) in [5.41, 5.74) is 1.08. The van der Waals surface area contributed by atoms with Crippen LogP contribution in [-0.4, -0.2) is 25.3 Å². The Morgan fingerprint density at radius 2 is 1.91 bits per heavy atom. The number of amides is 1. The first-order valence-corrected chi connectivity index (χ1v) is 9.82. The molecule has 122 valence electrons. The third-order valence-corrected chi connectivity index (χ3v) is 5.37. The molecule has 0 spiro atoms. The van der Waals surface area contributed by atoms with Crippen LogP contribution in [0.25, 0.3) is 0 Å². The van der Waals surface area contributed by atoms with Crippen LogP contribution >= 0.6 is 67.8 Å². The fourth-order valence-electron chi connectivity index (χ4n) is 1.54. The smallest absolute Gasteiger partial charge is 0.342 e. The van der Waals surface area contributed by atoms with Crippen LogP contribution in [0.3, 0.4) is 0 Å². The third-order valence-electron chi connectivity index (χ3n) is 2.59. The van der Waals surface area contributed by atoms with E-state index in [1.165, 1.54) is 6.92 Å². The fraction of sp³-hybridized carbons (Fsp3) is 0.429. The predicted octanol–water partition coefficient (Wildman–Crippen LogP) is 4.39. The van der Waals surface area contributed by atoms with E-state index in [1.54, 1.807) is 0 Å². The first kappa shape index (κ1) is 20.4. The number of carbonyl (C=O) groups is 2. The summed E-state index contributed by atoms with van der Waals surface area (Å²) in [6.07, 6.45) is 1.96. The van der Waals surface area contributed by atoms with E-state index < -0.39 is 5.97 Å². The van der Waals surface area contributed by atoms with Gasteiger partial charge in [0.25, 0.3) is 0 Å². The van der Waals surface area contributed by atoms with Crippen molar-refractivity contribution in [3.05, 3.63) is 22.3 Å². The Morgan fingerprint density at radius 1 is 1.23 bits per heavy atom. The van der Waals surface area contributed by atoms with E-state index in [4.69, 9.17) is 9.47 Å². The molecule has 8 heteroatoms. The maximum absolute atomic E-state index is 12.2. The van der Waals surface area contributed by atoms with Crippen LogP contribution in [0.4, 0.5) is 5.69 Å². The molecule has 0 fully saturated rings. The number of carbonyl (C=O) groups excluding carboxylic acids is 2. The summed E-state index contributed by atoms with van der Waals surface area (Å²) in [4.78, 5) is 23.5. The Bertz CT molecular complexity index is 564. The van der Waals surface area contributed by atoms with Crippen molar-refractivity contribution < 1.29 is 19.1 Å². The molecule has 0 aliphatic heterocycles. The average molecular weight is 643 g/mol. The van der Waals surface area contributed by atoms with E-state index in [1.807, 2.05) is 28.7 Å². The standard InChI is InChI=1S/C14H16I3NO4/c1-3-4-5-21-7-22-14(20)11-9(15)6-10(16)13(12(11)17)18-8(2)19/h6H,3-5,7H2,1-2H3,(H,18,19). The van der Waals surface area contributed by atoms with Gasteiger partial charge in [-0.15, -0.1) is 0 Å². The molecule has 0 aliphatic carbocycles. The number of rotatable bonds is 7. The zero-order valence-electron chi connectivity index (χ0n) is 12.2. The molecule has 0 unspecified atom stereocenters. The molecule has 0 aliphatic rings. The quantitative estimate of drug-likeness (QED) is 0.208. The van der Waals surface area contributed by atoms with Gasteiger partial charge in [-0.25, -0.2) is 4.79 Å². The van der Waals surface area contributed by atoms with Crippen molar-refractivity contribution in [2.24, 2.45) is 0 Å². The molecule has 0 atom stereocenters. The van der Waals surface area contributed by atoms with Gasteiger partial charge in [0.15, 0.2) is 6.79 Å². The van der Waals surface area contributed by atoms with Gasteiger partial charge in [0.1, 0.15) is 0 Å². The van der Waals surface area contributed by atoms with Crippen LogP contribution in [0.1, 0.15) is 37.0 Å². The van der Waals surface area contributed by atoms with Crippen LogP contribution in [-0.2, 0) is 14.3 Å². The van der Waals surface area contributed by atoms with Gasteiger partial charge in [-0.3, -0.25) is 4.79 Å². The highest BCUT2D eigenvalue weighted by Gasteiger charge is 2.21. The van der Waals surface area contributed by atoms with Crippen molar-refractivity contribution in [1.82, 2.24) is 0 Å². The highest BCUT2D eigenvalue weighted by atomic mass is 127. The van der Waals surface area contributed by atoms with Crippen LogP contribution in [0.15, 0.2) is 6.07 Å². The van der Waals surface area contributed by atoms with Gasteiger partial charge >= 0.3 is 5.97 Å². The molecule has 1 rings (SSSR count). The van der Waals surface area contributed by atoms with E-state index in [9.17, 15) is 9.59 Å². The minimum absolute atomic E-state index is 0.0630. The molecule has 1 aromatic carbocycles. The summed E-state index contributed by atoms with van der Waals surface area (Å²) >= 11 is 6.26. The molecule has 0 heterocycles. The fourth-order valence-corrected chi connectivity index (χ4v) is 5.62. The summed E-state index contributed by atoms with van der Waals surface area (Å²) in [5, 5.41) is 2.75. The minimum atomic E-state index is -0.451. The van der Waals surface area contributed by atoms with E-state index in [-0.39, 0.29) is 12.7 Å². The van der Waals surface area contributed by atoms with Crippen LogP contribution in [0.2, 0.25) is 0 Å². The molecular formula is C14H16I3NO4. The van der Waals surface area contributed by atoms with Gasteiger partial charge in [0.05, 0.1) is 21.4 Å². The Labute approximate surface area is 170 Å². The first-order valence-electron chi connectivity index (χ1n) is 6.58. The number of hydrogen-bond acceptors (Lipinski definition) is 4. The lowest BCUT2D eigenvalue weighted by atomic mass is 10.2. The minimum Gasteiger partial charge on any atom is -0.435 e. The SMILES string of the molecule is CCCCOCOC(=O)c1c(I)cc(I)c(NC(C)=O)c1I. The second kappa shape index (κ2) is 10.2. The monoisotopic (exact) mass is 643 g/mol. The van der Waals surface area contributed by atoms with Crippen LogP contribution in [0.5, 0.6) is 0 Å². The number of nitrogens with one attached hydrogen (secondary N) is 1. The Morgan fingerprint density at radius 3 is 2.50 bits per heavy atom. The van der Waals surface area contributed by atoms with E-state index >= 15 is 0 Å². The largest absolute Gasteiger partial charge is 0.435 e. The van der Waals surface area contributed by atoms with Gasteiger partial charge in [0, 0.05) is 14.1 Å². The second-order valence-electron chi connectivity index (χ2n) is 4.40. The molecule has 0 saturated carbocycles. The lowest BCUT2D eigenvalue weighted by Crippen LogP contribution is -2.16. The number of benzene rings is 1. The van der Waals surface area contributed by atoms with E-state index in [0.29, 0.717) is 21.4 Å². The number of esters is 1. The van der Waals surface area contributed by atoms with E-state index in [0.717, 1.165) is 20.0 Å². The molecule has 0 radical (unpaired) electrons. The summed E-state index contributed by atoms with van der Waals surface area (Å²) in [7, 11) is 0. The molecule has 22 heavy (non-hydrogen) atoms. The number of hydrogen-bond donors (Lipinski definition) is 1. The third kappa shape index (κ3) is 6.07. The van der Waals surface area contributed by atoms with Gasteiger partial charge in [-0.2, -0.15) is 0 Å². The van der Waals surface area contributed by atoms with Crippen molar-refractivity contribution in [2.75, 3.05) is 18.7 Å².